The first kappa shape index (κ1) is 25.1. The number of halogens is 3. The highest BCUT2D eigenvalue weighted by molar-refractivity contribution is 8.14. The number of amidine groups is 1. The van der Waals surface area contributed by atoms with Gasteiger partial charge in [-0.15, -0.1) is 12.4 Å². The second kappa shape index (κ2) is 9.94. The molecular formula is C25H34Cl2FN3OS. The number of hydrogen-bond acceptors (Lipinski definition) is 3. The van der Waals surface area contributed by atoms with Gasteiger partial charge in [-0.3, -0.25) is 14.7 Å². The maximum absolute atomic E-state index is 14.8. The van der Waals surface area contributed by atoms with Crippen LogP contribution in [0.3, 0.4) is 0 Å². The van der Waals surface area contributed by atoms with Crippen molar-refractivity contribution in [2.45, 2.75) is 76.9 Å². The molecule has 4 saturated carbocycles. The Bertz CT molecular complexity index is 892. The lowest BCUT2D eigenvalue weighted by Crippen LogP contribution is -2.52. The van der Waals surface area contributed by atoms with Crippen LogP contribution in [0.5, 0.6) is 0 Å². The summed E-state index contributed by atoms with van der Waals surface area (Å²) in [6.45, 7) is 4.51. The molecule has 33 heavy (non-hydrogen) atoms. The van der Waals surface area contributed by atoms with Crippen molar-refractivity contribution in [3.63, 3.8) is 0 Å². The molecule has 8 heteroatoms. The van der Waals surface area contributed by atoms with E-state index in [1.165, 1.54) is 57.6 Å². The van der Waals surface area contributed by atoms with Crippen molar-refractivity contribution >= 4 is 52.5 Å². The molecule has 1 saturated heterocycles. The Hall–Kier alpha value is -0.980. The first-order valence-corrected chi connectivity index (χ1v) is 13.5. The topological polar surface area (TPSA) is 35.9 Å². The van der Waals surface area contributed by atoms with Gasteiger partial charge in [0.25, 0.3) is 0 Å². The Balaban J connectivity index is 0.00000259. The SMILES string of the molecule is CCCCN1C(=NC23CC4CC(CC(C4)C2)C3)SCC1N(C(C)=O)c1cc(Cl)ccc1F.Cl. The van der Waals surface area contributed by atoms with Crippen LogP contribution in [0.2, 0.25) is 5.02 Å². The lowest BCUT2D eigenvalue weighted by atomic mass is 9.53. The minimum atomic E-state index is -0.420. The molecule has 1 aromatic carbocycles. The van der Waals surface area contributed by atoms with Crippen LogP contribution in [0.15, 0.2) is 23.2 Å². The molecule has 1 amide bonds. The fourth-order valence-corrected chi connectivity index (χ4v) is 8.38. The Morgan fingerprint density at radius 1 is 1.24 bits per heavy atom. The minimum absolute atomic E-state index is 0. The van der Waals surface area contributed by atoms with E-state index in [-0.39, 0.29) is 35.7 Å². The van der Waals surface area contributed by atoms with E-state index in [0.29, 0.717) is 10.8 Å². The molecule has 1 aromatic rings. The van der Waals surface area contributed by atoms with Gasteiger partial charge in [-0.1, -0.05) is 36.7 Å². The fourth-order valence-electron chi connectivity index (χ4n) is 6.95. The summed E-state index contributed by atoms with van der Waals surface area (Å²) >= 11 is 7.91. The van der Waals surface area contributed by atoms with E-state index in [9.17, 15) is 9.18 Å². The Kier molecular flexibility index (Phi) is 7.57. The monoisotopic (exact) mass is 513 g/mol. The molecule has 4 aliphatic carbocycles. The number of carbonyl (C=O) groups excluding carboxylic acids is 1. The summed E-state index contributed by atoms with van der Waals surface area (Å²) < 4.78 is 14.8. The molecular weight excluding hydrogens is 480 g/mol. The van der Waals surface area contributed by atoms with Crippen molar-refractivity contribution in [2.75, 3.05) is 17.2 Å². The molecule has 0 N–H and O–H groups in total. The molecule has 0 aromatic heterocycles. The molecule has 1 heterocycles. The first-order chi connectivity index (χ1) is 15.4. The largest absolute Gasteiger partial charge is 0.330 e. The Morgan fingerprint density at radius 2 is 1.88 bits per heavy atom. The molecule has 6 rings (SSSR count). The summed E-state index contributed by atoms with van der Waals surface area (Å²) in [6, 6.07) is 4.43. The maximum atomic E-state index is 14.8. The van der Waals surface area contributed by atoms with Crippen molar-refractivity contribution in [3.05, 3.63) is 29.0 Å². The zero-order valence-electron chi connectivity index (χ0n) is 19.4. The van der Waals surface area contributed by atoms with Gasteiger partial charge in [-0.25, -0.2) is 4.39 Å². The highest BCUT2D eigenvalue weighted by Crippen LogP contribution is 2.57. The summed E-state index contributed by atoms with van der Waals surface area (Å²) in [4.78, 5) is 22.1. The number of anilines is 1. The third-order valence-electron chi connectivity index (χ3n) is 7.86. The summed E-state index contributed by atoms with van der Waals surface area (Å²) in [6.07, 6.45) is 9.66. The van der Waals surface area contributed by atoms with Gasteiger partial charge in [0, 0.05) is 24.2 Å². The van der Waals surface area contributed by atoms with Crippen molar-refractivity contribution < 1.29 is 9.18 Å². The number of benzene rings is 1. The van der Waals surface area contributed by atoms with Gasteiger partial charge in [-0.2, -0.15) is 0 Å². The molecule has 4 bridgehead atoms. The van der Waals surface area contributed by atoms with E-state index >= 15 is 0 Å². The zero-order chi connectivity index (χ0) is 22.5. The highest BCUT2D eigenvalue weighted by Gasteiger charge is 2.52. The number of unbranched alkanes of at least 4 members (excludes halogenated alkanes) is 1. The average molecular weight is 515 g/mol. The molecule has 182 valence electrons. The zero-order valence-corrected chi connectivity index (χ0v) is 21.8. The van der Waals surface area contributed by atoms with Crippen LogP contribution >= 0.6 is 35.8 Å². The molecule has 4 nitrogen and oxygen atoms in total. The Labute approximate surface area is 212 Å². The van der Waals surface area contributed by atoms with Crippen LogP contribution < -0.4 is 4.90 Å². The van der Waals surface area contributed by atoms with Crippen LogP contribution in [0, 0.1) is 23.6 Å². The van der Waals surface area contributed by atoms with Crippen LogP contribution in [0.4, 0.5) is 10.1 Å². The summed E-state index contributed by atoms with van der Waals surface area (Å²) in [7, 11) is 0. The molecule has 5 fully saturated rings. The van der Waals surface area contributed by atoms with Crippen molar-refractivity contribution in [3.8, 4) is 0 Å². The normalized spacial score (nSPS) is 33.5. The number of aliphatic imine (C=N–C) groups is 1. The quantitative estimate of drug-likeness (QED) is 0.421. The number of nitrogens with zero attached hydrogens (tertiary/aromatic N) is 3. The molecule has 1 atom stereocenters. The van der Waals surface area contributed by atoms with Crippen LogP contribution in [0.25, 0.3) is 0 Å². The predicted molar refractivity (Wildman–Crippen MR) is 138 cm³/mol. The number of hydrogen-bond donors (Lipinski definition) is 0. The first-order valence-electron chi connectivity index (χ1n) is 12.1. The summed E-state index contributed by atoms with van der Waals surface area (Å²) in [5.74, 6) is 2.62. The second-order valence-corrected chi connectivity index (χ2v) is 11.8. The standard InChI is InChI=1S/C25H33ClFN3OS.ClH/c1-3-4-7-29-23(30(16(2)31)22-11-20(26)5-6-21(22)27)15-32-24(29)28-25-12-17-8-18(13-25)10-19(9-17)14-25;/h5-6,11,17-19,23H,3-4,7-10,12-15H2,1-2H3;1H. The van der Waals surface area contributed by atoms with E-state index in [2.05, 4.69) is 11.8 Å². The van der Waals surface area contributed by atoms with E-state index in [1.54, 1.807) is 22.7 Å². The average Bonchev–Trinajstić information content (AvgIpc) is 3.09. The van der Waals surface area contributed by atoms with Gasteiger partial charge >= 0.3 is 0 Å². The molecule has 1 unspecified atom stereocenters. The Morgan fingerprint density at radius 3 is 2.45 bits per heavy atom. The van der Waals surface area contributed by atoms with E-state index < -0.39 is 5.82 Å². The van der Waals surface area contributed by atoms with Crippen LogP contribution in [-0.2, 0) is 4.79 Å². The maximum Gasteiger partial charge on any atom is 0.225 e. The highest BCUT2D eigenvalue weighted by atomic mass is 35.5. The summed E-state index contributed by atoms with van der Waals surface area (Å²) in [5.41, 5.74) is 0.340. The van der Waals surface area contributed by atoms with E-state index in [1.807, 2.05) is 0 Å². The lowest BCUT2D eigenvalue weighted by molar-refractivity contribution is -0.117. The summed E-state index contributed by atoms with van der Waals surface area (Å²) in [5, 5.41) is 1.49. The predicted octanol–water partition coefficient (Wildman–Crippen LogP) is 6.75. The van der Waals surface area contributed by atoms with Crippen LogP contribution in [0.1, 0.15) is 65.2 Å². The third kappa shape index (κ3) is 4.90. The fraction of sp³-hybridized carbons (Fsp3) is 0.680. The van der Waals surface area contributed by atoms with Gasteiger partial charge in [0.2, 0.25) is 5.91 Å². The number of rotatable bonds is 6. The van der Waals surface area contributed by atoms with Gasteiger partial charge < -0.3 is 4.90 Å². The number of amides is 1. The second-order valence-electron chi connectivity index (χ2n) is 10.4. The number of thioether (sulfide) groups is 1. The number of carbonyl (C=O) groups is 1. The van der Waals surface area contributed by atoms with Crippen molar-refractivity contribution in [2.24, 2.45) is 22.7 Å². The molecule has 0 spiro atoms. The molecule has 5 aliphatic rings. The van der Waals surface area contributed by atoms with E-state index in [0.717, 1.165) is 42.3 Å². The lowest BCUT2D eigenvalue weighted by Gasteiger charge is -2.55. The van der Waals surface area contributed by atoms with Crippen LogP contribution in [-0.4, -0.2) is 40.0 Å². The molecule has 1 aliphatic heterocycles. The smallest absolute Gasteiger partial charge is 0.225 e. The van der Waals surface area contributed by atoms with Crippen molar-refractivity contribution in [1.82, 2.24) is 4.90 Å². The van der Waals surface area contributed by atoms with Gasteiger partial charge in [-0.05, 0) is 80.9 Å². The van der Waals surface area contributed by atoms with Gasteiger partial charge in [0.15, 0.2) is 5.17 Å². The molecule has 0 radical (unpaired) electrons. The third-order valence-corrected chi connectivity index (χ3v) is 9.15. The van der Waals surface area contributed by atoms with E-state index in [4.69, 9.17) is 16.6 Å². The minimum Gasteiger partial charge on any atom is -0.330 e. The van der Waals surface area contributed by atoms with Gasteiger partial charge in [0.1, 0.15) is 12.0 Å². The van der Waals surface area contributed by atoms with Crippen molar-refractivity contribution in [1.29, 1.82) is 0 Å². The van der Waals surface area contributed by atoms with Gasteiger partial charge in [0.05, 0.1) is 11.2 Å².